The summed E-state index contributed by atoms with van der Waals surface area (Å²) in [5.41, 5.74) is 1.55. The monoisotopic (exact) mass is 801 g/mol. The molecule has 0 saturated carbocycles. The Labute approximate surface area is 336 Å². The molecule has 4 aromatic rings. The fourth-order valence-electron chi connectivity index (χ4n) is 6.97. The lowest BCUT2D eigenvalue weighted by Crippen LogP contribution is -2.50. The van der Waals surface area contributed by atoms with Gasteiger partial charge in [0.25, 0.3) is 14.2 Å². The van der Waals surface area contributed by atoms with E-state index in [0.29, 0.717) is 17.1 Å². The maximum absolute atomic E-state index is 11.8. The average Bonchev–Trinajstić information content (AvgIpc) is 3.57. The molecule has 0 radical (unpaired) electrons. The Morgan fingerprint density at radius 3 is 1.96 bits per heavy atom. The van der Waals surface area contributed by atoms with Gasteiger partial charge in [0.05, 0.1) is 50.4 Å². The SMILES string of the molecule is COc1ccc(C(OC[C@@]2(OC)O[C@@H](OCc3ccccc3[N+](=O)[O-])C[C@@H]2OP(OCCC#N)N(C(C)C)C(C)C)(c2ccccc2)c2ccc(OC)cc2)cc1. The minimum Gasteiger partial charge on any atom is -0.497 e. The van der Waals surface area contributed by atoms with Crippen LogP contribution in [0.5, 0.6) is 11.5 Å². The fourth-order valence-corrected chi connectivity index (χ4v) is 8.74. The zero-order valence-electron chi connectivity index (χ0n) is 33.5. The molecule has 1 fully saturated rings. The molecule has 1 saturated heterocycles. The number of nitro benzene ring substituents is 1. The number of methoxy groups -OCH3 is 3. The molecule has 14 heteroatoms. The second kappa shape index (κ2) is 20.3. The Balaban J connectivity index is 1.60. The molecular weight excluding hydrogens is 749 g/mol. The van der Waals surface area contributed by atoms with Crippen molar-refractivity contribution < 1.29 is 42.4 Å². The molecule has 304 valence electrons. The molecule has 4 aromatic carbocycles. The molecule has 1 aliphatic heterocycles. The van der Waals surface area contributed by atoms with Crippen LogP contribution in [0.1, 0.15) is 62.8 Å². The summed E-state index contributed by atoms with van der Waals surface area (Å²) in [6, 6.07) is 33.9. The van der Waals surface area contributed by atoms with Crippen LogP contribution in [-0.2, 0) is 40.2 Å². The third-order valence-electron chi connectivity index (χ3n) is 9.73. The minimum atomic E-state index is -1.76. The molecule has 5 rings (SSSR count). The first kappa shape index (κ1) is 43.6. The van der Waals surface area contributed by atoms with E-state index in [1.165, 1.54) is 13.2 Å². The fraction of sp³-hybridized carbons (Fsp3) is 0.419. The lowest BCUT2D eigenvalue weighted by molar-refractivity contribution is -0.386. The first-order valence-electron chi connectivity index (χ1n) is 18.8. The third-order valence-corrected chi connectivity index (χ3v) is 11.9. The van der Waals surface area contributed by atoms with Gasteiger partial charge in [-0.15, -0.1) is 0 Å². The first-order chi connectivity index (χ1) is 27.5. The molecule has 1 unspecified atom stereocenters. The number of benzene rings is 4. The largest absolute Gasteiger partial charge is 0.497 e. The third kappa shape index (κ3) is 10.2. The Bertz CT molecular complexity index is 1850. The van der Waals surface area contributed by atoms with Crippen LogP contribution in [-0.4, -0.2) is 74.4 Å². The predicted octanol–water partition coefficient (Wildman–Crippen LogP) is 8.89. The van der Waals surface area contributed by atoms with Crippen LogP contribution in [0.3, 0.4) is 0 Å². The highest BCUT2D eigenvalue weighted by molar-refractivity contribution is 7.44. The highest BCUT2D eigenvalue weighted by atomic mass is 31.2. The van der Waals surface area contributed by atoms with Crippen molar-refractivity contribution in [2.75, 3.05) is 34.5 Å². The van der Waals surface area contributed by atoms with Gasteiger partial charge < -0.3 is 37.5 Å². The van der Waals surface area contributed by atoms with Crippen molar-refractivity contribution >= 4 is 14.2 Å². The Morgan fingerprint density at radius 1 is 0.877 bits per heavy atom. The van der Waals surface area contributed by atoms with E-state index in [-0.39, 0.29) is 50.4 Å². The van der Waals surface area contributed by atoms with E-state index in [1.54, 1.807) is 32.4 Å². The first-order valence-corrected chi connectivity index (χ1v) is 19.9. The van der Waals surface area contributed by atoms with Crippen molar-refractivity contribution in [1.29, 1.82) is 5.26 Å². The highest BCUT2D eigenvalue weighted by Crippen LogP contribution is 2.52. The van der Waals surface area contributed by atoms with Gasteiger partial charge in [-0.2, -0.15) is 5.26 Å². The molecule has 0 bridgehead atoms. The topological polar surface area (TPSA) is 144 Å². The summed E-state index contributed by atoms with van der Waals surface area (Å²) < 4.78 is 53.1. The standard InChI is InChI=1S/C43H52N3O10P/c1-31(2)45(32(3)4)57(54-27-13-26-44)56-40-28-41(52-29-33-14-11-12-17-39(33)46(47)48)55-42(40,51-7)30-53-43(34-15-9-8-10-16-34,35-18-22-37(49-5)23-19-35)36-20-24-38(50-6)25-21-36/h8-12,14-25,31-32,40-41H,13,27-30H2,1-7H3/t40-,41+,42+,57?/m0/s1. The van der Waals surface area contributed by atoms with Crippen LogP contribution in [0.15, 0.2) is 103 Å². The zero-order valence-corrected chi connectivity index (χ0v) is 34.4. The Hall–Kier alpha value is -4.48. The van der Waals surface area contributed by atoms with Gasteiger partial charge >= 0.3 is 0 Å². The van der Waals surface area contributed by atoms with E-state index < -0.39 is 37.2 Å². The van der Waals surface area contributed by atoms with E-state index >= 15 is 0 Å². The van der Waals surface area contributed by atoms with Crippen LogP contribution in [0.2, 0.25) is 0 Å². The summed E-state index contributed by atoms with van der Waals surface area (Å²) in [7, 11) is 3.00. The van der Waals surface area contributed by atoms with Crippen molar-refractivity contribution in [3.8, 4) is 17.6 Å². The van der Waals surface area contributed by atoms with Gasteiger partial charge in [-0.1, -0.05) is 66.7 Å². The number of nitrogens with zero attached hydrogens (tertiary/aromatic N) is 3. The molecule has 0 aliphatic carbocycles. The molecule has 57 heavy (non-hydrogen) atoms. The number of ether oxygens (including phenoxy) is 6. The molecule has 0 N–H and O–H groups in total. The number of nitro groups is 1. The van der Waals surface area contributed by atoms with E-state index in [0.717, 1.165) is 16.7 Å². The number of hydrogen-bond donors (Lipinski definition) is 0. The van der Waals surface area contributed by atoms with Gasteiger partial charge in [0.15, 0.2) is 6.29 Å². The van der Waals surface area contributed by atoms with Gasteiger partial charge in [0.2, 0.25) is 5.79 Å². The molecular formula is C43H52N3O10P. The quantitative estimate of drug-likeness (QED) is 0.0261. The van der Waals surface area contributed by atoms with Crippen molar-refractivity contribution in [3.05, 3.63) is 135 Å². The molecule has 0 amide bonds. The lowest BCUT2D eigenvalue weighted by atomic mass is 9.80. The molecule has 0 spiro atoms. The summed E-state index contributed by atoms with van der Waals surface area (Å²) >= 11 is 0. The summed E-state index contributed by atoms with van der Waals surface area (Å²) in [6.45, 7) is 8.12. The number of nitriles is 1. The summed E-state index contributed by atoms with van der Waals surface area (Å²) in [5.74, 6) is -0.218. The molecule has 0 aromatic heterocycles. The van der Waals surface area contributed by atoms with Gasteiger partial charge in [-0.3, -0.25) is 10.1 Å². The maximum atomic E-state index is 11.8. The van der Waals surface area contributed by atoms with Crippen LogP contribution < -0.4 is 9.47 Å². The van der Waals surface area contributed by atoms with Crippen molar-refractivity contribution in [1.82, 2.24) is 4.67 Å². The van der Waals surface area contributed by atoms with E-state index in [1.807, 2.05) is 78.9 Å². The van der Waals surface area contributed by atoms with Gasteiger partial charge in [0, 0.05) is 31.7 Å². The van der Waals surface area contributed by atoms with Crippen molar-refractivity contribution in [2.45, 2.75) is 83.0 Å². The van der Waals surface area contributed by atoms with E-state index in [2.05, 4.69) is 38.4 Å². The van der Waals surface area contributed by atoms with Crippen molar-refractivity contribution in [2.24, 2.45) is 0 Å². The van der Waals surface area contributed by atoms with Crippen LogP contribution >= 0.6 is 8.53 Å². The second-order valence-electron chi connectivity index (χ2n) is 13.9. The van der Waals surface area contributed by atoms with Crippen LogP contribution in [0.25, 0.3) is 0 Å². The second-order valence-corrected chi connectivity index (χ2v) is 15.3. The van der Waals surface area contributed by atoms with Gasteiger partial charge in [0.1, 0.15) is 29.8 Å². The molecule has 1 aliphatic rings. The Kier molecular flexibility index (Phi) is 15.5. The smallest absolute Gasteiger partial charge is 0.274 e. The van der Waals surface area contributed by atoms with E-state index in [4.69, 9.17) is 37.5 Å². The number of hydrogen-bond acceptors (Lipinski definition) is 12. The maximum Gasteiger partial charge on any atom is 0.274 e. The lowest BCUT2D eigenvalue weighted by Gasteiger charge is -2.42. The summed E-state index contributed by atoms with van der Waals surface area (Å²) in [5, 5.41) is 21.2. The molecule has 4 atom stereocenters. The highest BCUT2D eigenvalue weighted by Gasteiger charge is 2.55. The Morgan fingerprint density at radius 2 is 1.44 bits per heavy atom. The number of para-hydroxylation sites is 1. The predicted molar refractivity (Wildman–Crippen MR) is 215 cm³/mol. The molecule has 13 nitrogen and oxygen atoms in total. The van der Waals surface area contributed by atoms with E-state index in [9.17, 15) is 15.4 Å². The zero-order chi connectivity index (χ0) is 41.0. The summed E-state index contributed by atoms with van der Waals surface area (Å²) in [6.07, 6.45) is -1.40. The van der Waals surface area contributed by atoms with Crippen LogP contribution in [0, 0.1) is 21.4 Å². The summed E-state index contributed by atoms with van der Waals surface area (Å²) in [4.78, 5) is 11.4. The van der Waals surface area contributed by atoms with Gasteiger partial charge in [-0.05, 0) is 74.7 Å². The van der Waals surface area contributed by atoms with Crippen LogP contribution in [0.4, 0.5) is 5.69 Å². The van der Waals surface area contributed by atoms with Crippen molar-refractivity contribution in [3.63, 3.8) is 0 Å². The number of rotatable bonds is 21. The minimum absolute atomic E-state index is 0.0234. The average molecular weight is 802 g/mol. The van der Waals surface area contributed by atoms with Gasteiger partial charge in [-0.25, -0.2) is 4.67 Å². The normalized spacial score (nSPS) is 18.8. The molecule has 1 heterocycles.